The lowest BCUT2D eigenvalue weighted by molar-refractivity contribution is -0.143. The predicted octanol–water partition coefficient (Wildman–Crippen LogP) is 2.47. The van der Waals surface area contributed by atoms with Gasteiger partial charge in [-0.3, -0.25) is 19.4 Å². The minimum atomic E-state index is -0.822. The number of aryl methyl sites for hydroxylation is 1. The van der Waals surface area contributed by atoms with Crippen molar-refractivity contribution in [2.45, 2.75) is 26.7 Å². The van der Waals surface area contributed by atoms with Gasteiger partial charge in [-0.2, -0.15) is 0 Å². The van der Waals surface area contributed by atoms with Gasteiger partial charge in [0.25, 0.3) is 0 Å². The number of amides is 4. The Hall–Kier alpha value is -2.63. The summed E-state index contributed by atoms with van der Waals surface area (Å²) < 4.78 is 5.61. The number of urea groups is 1. The highest BCUT2D eigenvalue weighted by Gasteiger charge is 2.43. The summed E-state index contributed by atoms with van der Waals surface area (Å²) in [5.41, 5.74) is 2.38. The quantitative estimate of drug-likeness (QED) is 0.438. The van der Waals surface area contributed by atoms with Crippen LogP contribution in [0.2, 0.25) is 0 Å². The molecule has 6 heteroatoms. The molecule has 1 fully saturated rings. The Morgan fingerprint density at radius 2 is 1.83 bits per heavy atom. The number of imide groups is 2. The van der Waals surface area contributed by atoms with Gasteiger partial charge in [0.15, 0.2) is 0 Å². The van der Waals surface area contributed by atoms with Gasteiger partial charge in [-0.05, 0) is 36.1 Å². The van der Waals surface area contributed by atoms with Crippen LogP contribution >= 0.6 is 0 Å². The van der Waals surface area contributed by atoms with E-state index in [1.807, 2.05) is 25.1 Å². The average molecular weight is 330 g/mol. The third-order valence-electron chi connectivity index (χ3n) is 3.89. The second-order valence-electron chi connectivity index (χ2n) is 5.97. The Morgan fingerprint density at radius 1 is 1.17 bits per heavy atom. The van der Waals surface area contributed by atoms with Crippen LogP contribution in [0.4, 0.5) is 4.79 Å². The fourth-order valence-electron chi connectivity index (χ4n) is 2.68. The zero-order valence-corrected chi connectivity index (χ0v) is 14.2. The third-order valence-corrected chi connectivity index (χ3v) is 3.89. The van der Waals surface area contributed by atoms with Crippen LogP contribution in [-0.2, 0) is 9.59 Å². The van der Waals surface area contributed by atoms with Crippen molar-refractivity contribution in [3.63, 3.8) is 0 Å². The second-order valence-corrected chi connectivity index (χ2v) is 5.97. The summed E-state index contributed by atoms with van der Waals surface area (Å²) in [6.45, 7) is 9.92. The van der Waals surface area contributed by atoms with E-state index in [1.54, 1.807) is 0 Å². The zero-order chi connectivity index (χ0) is 17.9. The molecule has 0 radical (unpaired) electrons. The lowest BCUT2D eigenvalue weighted by atomic mass is 9.98. The first kappa shape index (κ1) is 17.7. The molecule has 1 aliphatic heterocycles. The number of ether oxygens (including phenoxy) is 1. The smallest absolute Gasteiger partial charge is 0.334 e. The molecule has 1 aromatic carbocycles. The number of hydrogen-bond donors (Lipinski definition) is 0. The second kappa shape index (κ2) is 7.29. The number of carbonyl (C=O) groups excluding carboxylic acids is 3. The Kier molecular flexibility index (Phi) is 5.39. The van der Waals surface area contributed by atoms with Gasteiger partial charge in [0.1, 0.15) is 12.4 Å². The molecule has 0 spiro atoms. The van der Waals surface area contributed by atoms with Crippen molar-refractivity contribution in [1.82, 2.24) is 9.80 Å². The number of benzene rings is 1. The summed E-state index contributed by atoms with van der Waals surface area (Å²) in [6.07, 6.45) is 1.40. The standard InChI is InChI=1S/C18H22N2O4/c1-5-8-19-16(21)17(22)20(18(19)23)9-10-24-14-6-7-15(12(2)3)13(4)11-14/h5-7,11-12H,1,8-10H2,2-4H3. The predicted molar refractivity (Wildman–Crippen MR) is 89.8 cm³/mol. The molecule has 128 valence electrons. The van der Waals surface area contributed by atoms with Gasteiger partial charge in [0.05, 0.1) is 6.54 Å². The van der Waals surface area contributed by atoms with Gasteiger partial charge in [0, 0.05) is 6.54 Å². The van der Waals surface area contributed by atoms with Gasteiger partial charge in [-0.15, -0.1) is 6.58 Å². The van der Waals surface area contributed by atoms with E-state index >= 15 is 0 Å². The van der Waals surface area contributed by atoms with Gasteiger partial charge >= 0.3 is 17.8 Å². The first-order valence-corrected chi connectivity index (χ1v) is 7.88. The lowest BCUT2D eigenvalue weighted by Gasteiger charge is -2.16. The van der Waals surface area contributed by atoms with Crippen LogP contribution in [0.15, 0.2) is 30.9 Å². The lowest BCUT2D eigenvalue weighted by Crippen LogP contribution is -2.36. The first-order chi connectivity index (χ1) is 11.4. The molecule has 1 heterocycles. The Labute approximate surface area is 141 Å². The first-order valence-electron chi connectivity index (χ1n) is 7.88. The molecular formula is C18H22N2O4. The number of hydrogen-bond acceptors (Lipinski definition) is 4. The maximum Gasteiger partial charge on any atom is 0.334 e. The molecule has 0 aliphatic carbocycles. The summed E-state index contributed by atoms with van der Waals surface area (Å²) in [6, 6.07) is 5.18. The Balaban J connectivity index is 1.96. The SMILES string of the molecule is C=CCN1C(=O)C(=O)N(CCOc2ccc(C(C)C)c(C)c2)C1=O. The molecule has 1 saturated heterocycles. The molecule has 0 unspecified atom stereocenters. The van der Waals surface area contributed by atoms with E-state index in [1.165, 1.54) is 11.6 Å². The van der Waals surface area contributed by atoms with E-state index in [0.29, 0.717) is 11.7 Å². The largest absolute Gasteiger partial charge is 0.492 e. The van der Waals surface area contributed by atoms with E-state index in [-0.39, 0.29) is 19.7 Å². The third kappa shape index (κ3) is 3.48. The van der Waals surface area contributed by atoms with Crippen LogP contribution in [0.5, 0.6) is 5.75 Å². The topological polar surface area (TPSA) is 66.9 Å². The highest BCUT2D eigenvalue weighted by molar-refractivity contribution is 6.44. The van der Waals surface area contributed by atoms with Crippen molar-refractivity contribution in [3.8, 4) is 5.75 Å². The van der Waals surface area contributed by atoms with Crippen molar-refractivity contribution in [2.24, 2.45) is 0 Å². The monoisotopic (exact) mass is 330 g/mol. The van der Waals surface area contributed by atoms with E-state index in [0.717, 1.165) is 15.4 Å². The molecule has 0 aromatic heterocycles. The molecule has 0 N–H and O–H groups in total. The molecule has 4 amide bonds. The molecule has 1 aromatic rings. The fourth-order valence-corrected chi connectivity index (χ4v) is 2.68. The summed E-state index contributed by atoms with van der Waals surface area (Å²) in [7, 11) is 0. The maximum absolute atomic E-state index is 12.0. The number of carbonyl (C=O) groups is 3. The average Bonchev–Trinajstić information content (AvgIpc) is 2.72. The van der Waals surface area contributed by atoms with Crippen molar-refractivity contribution < 1.29 is 19.1 Å². The van der Waals surface area contributed by atoms with Crippen LogP contribution in [0.25, 0.3) is 0 Å². The number of rotatable bonds is 7. The zero-order valence-electron chi connectivity index (χ0n) is 14.2. The van der Waals surface area contributed by atoms with Crippen LogP contribution in [-0.4, -0.2) is 47.3 Å². The minimum absolute atomic E-state index is 0.0244. The molecule has 24 heavy (non-hydrogen) atoms. The van der Waals surface area contributed by atoms with E-state index in [9.17, 15) is 14.4 Å². The van der Waals surface area contributed by atoms with Crippen molar-refractivity contribution in [3.05, 3.63) is 42.0 Å². The van der Waals surface area contributed by atoms with E-state index in [4.69, 9.17) is 4.74 Å². The molecular weight excluding hydrogens is 308 g/mol. The van der Waals surface area contributed by atoms with Crippen molar-refractivity contribution in [2.75, 3.05) is 19.7 Å². The van der Waals surface area contributed by atoms with Gasteiger partial charge in [0.2, 0.25) is 0 Å². The summed E-state index contributed by atoms with van der Waals surface area (Å²) in [4.78, 5) is 37.4. The highest BCUT2D eigenvalue weighted by Crippen LogP contribution is 2.23. The molecule has 1 aliphatic rings. The summed E-state index contributed by atoms with van der Waals surface area (Å²) in [5.74, 6) is -0.542. The van der Waals surface area contributed by atoms with Crippen LogP contribution in [0.3, 0.4) is 0 Å². The molecule has 0 atom stereocenters. The molecule has 0 saturated carbocycles. The Bertz CT molecular complexity index is 682. The van der Waals surface area contributed by atoms with Crippen molar-refractivity contribution in [1.29, 1.82) is 0 Å². The van der Waals surface area contributed by atoms with E-state index < -0.39 is 17.8 Å². The normalized spacial score (nSPS) is 14.8. The van der Waals surface area contributed by atoms with E-state index in [2.05, 4.69) is 20.4 Å². The maximum atomic E-state index is 12.0. The highest BCUT2D eigenvalue weighted by atomic mass is 16.5. The van der Waals surface area contributed by atoms with Crippen molar-refractivity contribution >= 4 is 17.8 Å². The van der Waals surface area contributed by atoms with Gasteiger partial charge in [-0.25, -0.2) is 4.79 Å². The van der Waals surface area contributed by atoms with Gasteiger partial charge in [-0.1, -0.05) is 26.0 Å². The van der Waals surface area contributed by atoms with Crippen LogP contribution < -0.4 is 4.74 Å². The Morgan fingerprint density at radius 3 is 2.42 bits per heavy atom. The summed E-state index contributed by atoms with van der Waals surface area (Å²) >= 11 is 0. The summed E-state index contributed by atoms with van der Waals surface area (Å²) in [5, 5.41) is 0. The fraction of sp³-hybridized carbons (Fsp3) is 0.389. The minimum Gasteiger partial charge on any atom is -0.492 e. The number of nitrogens with zero attached hydrogens (tertiary/aromatic N) is 2. The van der Waals surface area contributed by atoms with Crippen LogP contribution in [0.1, 0.15) is 30.9 Å². The van der Waals surface area contributed by atoms with Gasteiger partial charge < -0.3 is 4.74 Å². The molecule has 2 rings (SSSR count). The molecule has 6 nitrogen and oxygen atoms in total. The van der Waals surface area contributed by atoms with Crippen LogP contribution in [0, 0.1) is 6.92 Å². The molecule has 0 bridgehead atoms.